The molecule has 1 aromatic carbocycles. The molecule has 100 valence electrons. The Balaban J connectivity index is 1.50. The Hall–Kier alpha value is -1.16. The van der Waals surface area contributed by atoms with Gasteiger partial charge in [-0.2, -0.15) is 0 Å². The highest BCUT2D eigenvalue weighted by Gasteiger charge is 2.64. The molecule has 0 amide bonds. The molecule has 2 nitrogen and oxygen atoms in total. The van der Waals surface area contributed by atoms with Gasteiger partial charge in [0.05, 0.1) is 0 Å². The molecular formula is C15H17FN2S. The first-order valence-electron chi connectivity index (χ1n) is 7.01. The molecule has 3 N–H and O–H groups in total. The Labute approximate surface area is 117 Å². The van der Waals surface area contributed by atoms with E-state index in [4.69, 9.17) is 18.0 Å². The second kappa shape index (κ2) is 3.92. The molecule has 4 rings (SSSR count). The van der Waals surface area contributed by atoms with Gasteiger partial charge in [-0.1, -0.05) is 12.2 Å². The van der Waals surface area contributed by atoms with Crippen LogP contribution < -0.4 is 11.1 Å². The van der Waals surface area contributed by atoms with E-state index in [9.17, 15) is 4.39 Å². The number of rotatable bonds is 3. The number of nitrogens with two attached hydrogens (primary N) is 1. The molecule has 2 bridgehead atoms. The van der Waals surface area contributed by atoms with Gasteiger partial charge in [0, 0.05) is 17.3 Å². The summed E-state index contributed by atoms with van der Waals surface area (Å²) in [4.78, 5) is 0.116. The van der Waals surface area contributed by atoms with Crippen LogP contribution in [-0.4, -0.2) is 11.0 Å². The Kier molecular flexibility index (Phi) is 2.40. The van der Waals surface area contributed by atoms with E-state index in [0.29, 0.717) is 11.6 Å². The van der Waals surface area contributed by atoms with Gasteiger partial charge in [-0.25, -0.2) is 4.39 Å². The topological polar surface area (TPSA) is 38.0 Å². The maximum absolute atomic E-state index is 13.8. The van der Waals surface area contributed by atoms with Crippen LogP contribution in [0.5, 0.6) is 0 Å². The number of thiocarbonyl (C=S) groups is 1. The van der Waals surface area contributed by atoms with Crippen LogP contribution in [-0.2, 0) is 0 Å². The van der Waals surface area contributed by atoms with Gasteiger partial charge in [-0.15, -0.1) is 0 Å². The second-order valence-electron chi connectivity index (χ2n) is 6.22. The van der Waals surface area contributed by atoms with Crippen LogP contribution in [0.15, 0.2) is 18.2 Å². The highest BCUT2D eigenvalue weighted by Crippen LogP contribution is 2.66. The fraction of sp³-hybridized carbons (Fsp3) is 0.533. The SMILES string of the molecule is NC(=S)c1ccc(NC2C3C4CCC(C4)C23)cc1F. The van der Waals surface area contributed by atoms with Gasteiger partial charge < -0.3 is 11.1 Å². The van der Waals surface area contributed by atoms with E-state index in [1.807, 2.05) is 6.07 Å². The van der Waals surface area contributed by atoms with Crippen molar-refractivity contribution in [1.29, 1.82) is 0 Å². The smallest absolute Gasteiger partial charge is 0.135 e. The lowest BCUT2D eigenvalue weighted by molar-refractivity contribution is 0.456. The summed E-state index contributed by atoms with van der Waals surface area (Å²) in [7, 11) is 0. The van der Waals surface area contributed by atoms with Crippen molar-refractivity contribution < 1.29 is 4.39 Å². The Morgan fingerprint density at radius 1 is 1.26 bits per heavy atom. The summed E-state index contributed by atoms with van der Waals surface area (Å²) in [6, 6.07) is 5.64. The minimum atomic E-state index is -0.328. The predicted octanol–water partition coefficient (Wildman–Crippen LogP) is 2.92. The molecule has 3 aliphatic carbocycles. The molecule has 0 spiro atoms. The molecule has 4 atom stereocenters. The van der Waals surface area contributed by atoms with Gasteiger partial charge in [-0.3, -0.25) is 0 Å². The number of benzene rings is 1. The number of halogens is 1. The Morgan fingerprint density at radius 2 is 1.95 bits per heavy atom. The number of hydrogen-bond acceptors (Lipinski definition) is 2. The normalized spacial score (nSPS) is 38.1. The number of fused-ring (bicyclic) bond motifs is 5. The van der Waals surface area contributed by atoms with Crippen molar-refractivity contribution in [3.8, 4) is 0 Å². The molecule has 4 unspecified atom stereocenters. The minimum absolute atomic E-state index is 0.116. The summed E-state index contributed by atoms with van der Waals surface area (Å²) >= 11 is 4.81. The van der Waals surface area contributed by atoms with E-state index in [-0.39, 0.29) is 10.8 Å². The zero-order valence-corrected chi connectivity index (χ0v) is 11.4. The van der Waals surface area contributed by atoms with Crippen molar-refractivity contribution in [3.63, 3.8) is 0 Å². The lowest BCUT2D eigenvalue weighted by atomic mass is 10.0. The molecule has 3 fully saturated rings. The van der Waals surface area contributed by atoms with Crippen LogP contribution in [0.3, 0.4) is 0 Å². The monoisotopic (exact) mass is 276 g/mol. The third kappa shape index (κ3) is 1.69. The van der Waals surface area contributed by atoms with Gasteiger partial charge >= 0.3 is 0 Å². The van der Waals surface area contributed by atoms with Crippen molar-refractivity contribution >= 4 is 22.9 Å². The first-order chi connectivity index (χ1) is 9.15. The first-order valence-corrected chi connectivity index (χ1v) is 7.42. The quantitative estimate of drug-likeness (QED) is 0.834. The standard InChI is InChI=1S/C15H17FN2S/c16-11-6-9(3-4-10(11)15(17)19)18-14-12-7-1-2-8(5-7)13(12)14/h3-4,6-8,12-14,18H,1-2,5H2,(H2,17,19). The van der Waals surface area contributed by atoms with Crippen molar-refractivity contribution in [1.82, 2.24) is 0 Å². The summed E-state index contributed by atoms with van der Waals surface area (Å²) in [5.41, 5.74) is 6.66. The number of hydrogen-bond donors (Lipinski definition) is 2. The molecular weight excluding hydrogens is 259 g/mol. The van der Waals surface area contributed by atoms with Crippen molar-refractivity contribution in [2.45, 2.75) is 25.3 Å². The van der Waals surface area contributed by atoms with Crippen LogP contribution >= 0.6 is 12.2 Å². The Morgan fingerprint density at radius 3 is 2.53 bits per heavy atom. The lowest BCUT2D eigenvalue weighted by Gasteiger charge is -2.12. The van der Waals surface area contributed by atoms with Crippen LogP contribution in [0.25, 0.3) is 0 Å². The third-order valence-electron chi connectivity index (χ3n) is 5.30. The van der Waals surface area contributed by atoms with E-state index in [1.54, 1.807) is 6.07 Å². The summed E-state index contributed by atoms with van der Waals surface area (Å²) in [5.74, 6) is 3.21. The zero-order chi connectivity index (χ0) is 13.1. The van der Waals surface area contributed by atoms with E-state index in [1.165, 1.54) is 25.3 Å². The van der Waals surface area contributed by atoms with E-state index >= 15 is 0 Å². The van der Waals surface area contributed by atoms with Crippen LogP contribution in [0, 0.1) is 29.5 Å². The molecule has 0 saturated heterocycles. The van der Waals surface area contributed by atoms with E-state index in [2.05, 4.69) is 5.32 Å². The summed E-state index contributed by atoms with van der Waals surface area (Å²) in [6.45, 7) is 0. The highest BCUT2D eigenvalue weighted by atomic mass is 32.1. The number of anilines is 1. The van der Waals surface area contributed by atoms with Gasteiger partial charge in [0.15, 0.2) is 0 Å². The first kappa shape index (κ1) is 11.6. The molecule has 0 aromatic heterocycles. The van der Waals surface area contributed by atoms with Gasteiger partial charge in [0.1, 0.15) is 10.8 Å². The average molecular weight is 276 g/mol. The minimum Gasteiger partial charge on any atom is -0.389 e. The van der Waals surface area contributed by atoms with Gasteiger partial charge in [0.2, 0.25) is 0 Å². The predicted molar refractivity (Wildman–Crippen MR) is 77.5 cm³/mol. The fourth-order valence-electron chi connectivity index (χ4n) is 4.52. The lowest BCUT2D eigenvalue weighted by Crippen LogP contribution is -2.14. The summed E-state index contributed by atoms with van der Waals surface area (Å²) < 4.78 is 13.8. The maximum atomic E-state index is 13.8. The van der Waals surface area contributed by atoms with Crippen molar-refractivity contribution in [3.05, 3.63) is 29.6 Å². The average Bonchev–Trinajstić information content (AvgIpc) is 2.78. The second-order valence-corrected chi connectivity index (χ2v) is 6.66. The third-order valence-corrected chi connectivity index (χ3v) is 5.52. The van der Waals surface area contributed by atoms with Crippen LogP contribution in [0.2, 0.25) is 0 Å². The maximum Gasteiger partial charge on any atom is 0.135 e. The molecule has 19 heavy (non-hydrogen) atoms. The largest absolute Gasteiger partial charge is 0.389 e. The van der Waals surface area contributed by atoms with Crippen LogP contribution in [0.1, 0.15) is 24.8 Å². The summed E-state index contributed by atoms with van der Waals surface area (Å²) in [5, 5.41) is 3.50. The van der Waals surface area contributed by atoms with Gasteiger partial charge in [0.25, 0.3) is 0 Å². The summed E-state index contributed by atoms with van der Waals surface area (Å²) in [6.07, 6.45) is 4.24. The molecule has 0 radical (unpaired) electrons. The highest BCUT2D eigenvalue weighted by molar-refractivity contribution is 7.80. The molecule has 3 aliphatic rings. The van der Waals surface area contributed by atoms with E-state index < -0.39 is 0 Å². The van der Waals surface area contributed by atoms with Crippen molar-refractivity contribution in [2.75, 3.05) is 5.32 Å². The molecule has 0 heterocycles. The zero-order valence-electron chi connectivity index (χ0n) is 10.6. The van der Waals surface area contributed by atoms with Crippen molar-refractivity contribution in [2.24, 2.45) is 29.4 Å². The number of nitrogens with one attached hydrogen (secondary N) is 1. The van der Waals surface area contributed by atoms with Gasteiger partial charge in [-0.05, 0) is 61.1 Å². The molecule has 4 heteroatoms. The fourth-order valence-corrected chi connectivity index (χ4v) is 4.68. The molecule has 1 aromatic rings. The molecule has 3 saturated carbocycles. The Bertz CT molecular complexity index is 543. The molecule has 0 aliphatic heterocycles. The van der Waals surface area contributed by atoms with Crippen LogP contribution in [0.4, 0.5) is 10.1 Å². The van der Waals surface area contributed by atoms with E-state index in [0.717, 1.165) is 29.4 Å².